The summed E-state index contributed by atoms with van der Waals surface area (Å²) < 4.78 is 8.23. The molecular formula is C19H17IO3S. The molecule has 3 aromatic rings. The van der Waals surface area contributed by atoms with Crippen molar-refractivity contribution in [1.82, 2.24) is 0 Å². The normalized spacial score (nSPS) is 12.2. The maximum absolute atomic E-state index is 11.7. The first-order valence-corrected chi connectivity index (χ1v) is 9.63. The second-order valence-electron chi connectivity index (χ2n) is 5.46. The van der Waals surface area contributed by atoms with Gasteiger partial charge < -0.3 is 9.84 Å². The molecule has 0 saturated carbocycles. The van der Waals surface area contributed by atoms with Crippen molar-refractivity contribution in [3.63, 3.8) is 0 Å². The van der Waals surface area contributed by atoms with Crippen molar-refractivity contribution in [2.75, 3.05) is 0 Å². The summed E-state index contributed by atoms with van der Waals surface area (Å²) in [4.78, 5) is 13.0. The predicted molar refractivity (Wildman–Crippen MR) is 106 cm³/mol. The number of hydrogen-bond acceptors (Lipinski definition) is 3. The van der Waals surface area contributed by atoms with E-state index in [1.54, 1.807) is 11.3 Å². The fourth-order valence-electron chi connectivity index (χ4n) is 2.62. The Morgan fingerprint density at radius 2 is 1.96 bits per heavy atom. The van der Waals surface area contributed by atoms with Crippen LogP contribution in [0, 0.1) is 3.57 Å². The lowest BCUT2D eigenvalue weighted by atomic mass is 10.1. The third-order valence-corrected chi connectivity index (χ3v) is 6.67. The van der Waals surface area contributed by atoms with Crippen molar-refractivity contribution in [2.45, 2.75) is 25.9 Å². The van der Waals surface area contributed by atoms with Crippen LogP contribution in [0.2, 0.25) is 0 Å². The van der Waals surface area contributed by atoms with Crippen LogP contribution in [0.5, 0.6) is 5.75 Å². The maximum atomic E-state index is 11.7. The van der Waals surface area contributed by atoms with Gasteiger partial charge >= 0.3 is 5.97 Å². The highest BCUT2D eigenvalue weighted by Gasteiger charge is 2.22. The van der Waals surface area contributed by atoms with Gasteiger partial charge in [-0.2, -0.15) is 0 Å². The lowest BCUT2D eigenvalue weighted by Gasteiger charge is -2.16. The van der Waals surface area contributed by atoms with Gasteiger partial charge in [-0.1, -0.05) is 43.3 Å². The summed E-state index contributed by atoms with van der Waals surface area (Å²) in [6.07, 6.45) is 0.399. The molecule has 2 aromatic carbocycles. The lowest BCUT2D eigenvalue weighted by molar-refractivity contribution is -0.144. The van der Waals surface area contributed by atoms with Crippen LogP contribution in [0.4, 0.5) is 0 Å². The number of carboxylic acid groups (broad SMARTS) is 1. The average Bonchev–Trinajstić information content (AvgIpc) is 2.92. The Hall–Kier alpha value is -1.60. The van der Waals surface area contributed by atoms with Gasteiger partial charge in [0.05, 0.1) is 0 Å². The molecule has 1 N–H and O–H groups in total. The molecule has 0 aliphatic carbocycles. The Labute approximate surface area is 158 Å². The highest BCUT2D eigenvalue weighted by Crippen LogP contribution is 2.39. The third-order valence-electron chi connectivity index (χ3n) is 3.82. The van der Waals surface area contributed by atoms with E-state index in [1.807, 2.05) is 42.5 Å². The fraction of sp³-hybridized carbons (Fsp3) is 0.211. The van der Waals surface area contributed by atoms with Gasteiger partial charge in [0.15, 0.2) is 6.10 Å². The number of aryl methyl sites for hydroxylation is 1. The molecular weight excluding hydrogens is 435 g/mol. The average molecular weight is 452 g/mol. The smallest absolute Gasteiger partial charge is 0.345 e. The van der Waals surface area contributed by atoms with Crippen molar-refractivity contribution < 1.29 is 14.6 Å². The first-order chi connectivity index (χ1) is 11.6. The number of carbonyl (C=O) groups is 1. The zero-order valence-electron chi connectivity index (χ0n) is 13.2. The van der Waals surface area contributed by atoms with Crippen LogP contribution in [0.3, 0.4) is 0 Å². The standard InChI is InChI=1S/C19H17IO3S/c1-2-15-18(20)17-13(9-6-10-16(17)24-15)23-14(19(21)22)11-12-7-4-3-5-8-12/h3-10,14H,2,11H2,1H3,(H,21,22)/t14-/m1/s1. The Morgan fingerprint density at radius 1 is 1.21 bits per heavy atom. The van der Waals surface area contributed by atoms with Gasteiger partial charge in [-0.3, -0.25) is 0 Å². The number of thiophene rings is 1. The molecule has 5 heteroatoms. The topological polar surface area (TPSA) is 46.5 Å². The van der Waals surface area contributed by atoms with E-state index in [9.17, 15) is 9.90 Å². The van der Waals surface area contributed by atoms with E-state index in [-0.39, 0.29) is 0 Å². The molecule has 0 aliphatic rings. The molecule has 1 atom stereocenters. The van der Waals surface area contributed by atoms with Gasteiger partial charge in [0, 0.05) is 25.0 Å². The van der Waals surface area contributed by atoms with Gasteiger partial charge in [-0.15, -0.1) is 11.3 Å². The van der Waals surface area contributed by atoms with Crippen molar-refractivity contribution in [1.29, 1.82) is 0 Å². The van der Waals surface area contributed by atoms with Gasteiger partial charge in [0.2, 0.25) is 0 Å². The highest BCUT2D eigenvalue weighted by molar-refractivity contribution is 14.1. The molecule has 0 spiro atoms. The lowest BCUT2D eigenvalue weighted by Crippen LogP contribution is -2.29. The van der Waals surface area contributed by atoms with Gasteiger partial charge in [-0.25, -0.2) is 4.79 Å². The minimum Gasteiger partial charge on any atom is -0.478 e. The maximum Gasteiger partial charge on any atom is 0.345 e. The van der Waals surface area contributed by atoms with Gasteiger partial charge in [0.1, 0.15) is 5.75 Å². The van der Waals surface area contributed by atoms with Crippen molar-refractivity contribution >= 4 is 50.0 Å². The van der Waals surface area contributed by atoms with Crippen LogP contribution < -0.4 is 4.74 Å². The number of ether oxygens (including phenoxy) is 1. The Balaban J connectivity index is 1.94. The first-order valence-electron chi connectivity index (χ1n) is 7.73. The Bertz CT molecular complexity index is 858. The monoisotopic (exact) mass is 452 g/mol. The number of carboxylic acids is 1. The van der Waals surface area contributed by atoms with Crippen LogP contribution in [0.1, 0.15) is 17.4 Å². The van der Waals surface area contributed by atoms with Crippen LogP contribution in [0.15, 0.2) is 48.5 Å². The SMILES string of the molecule is CCc1sc2cccc(O[C@H](Cc3ccccc3)C(=O)O)c2c1I. The molecule has 0 saturated heterocycles. The second kappa shape index (κ2) is 7.53. The molecule has 0 fully saturated rings. The second-order valence-corrected chi connectivity index (χ2v) is 7.67. The number of fused-ring (bicyclic) bond motifs is 1. The summed E-state index contributed by atoms with van der Waals surface area (Å²) in [6, 6.07) is 15.4. The Morgan fingerprint density at radius 3 is 2.62 bits per heavy atom. The number of halogens is 1. The van der Waals surface area contributed by atoms with Crippen molar-refractivity contribution in [3.05, 3.63) is 62.5 Å². The molecule has 1 aromatic heterocycles. The summed E-state index contributed by atoms with van der Waals surface area (Å²) in [5, 5.41) is 10.6. The van der Waals surface area contributed by atoms with E-state index < -0.39 is 12.1 Å². The van der Waals surface area contributed by atoms with Crippen LogP contribution >= 0.6 is 33.9 Å². The number of hydrogen-bond donors (Lipinski definition) is 1. The molecule has 0 aliphatic heterocycles. The Kier molecular flexibility index (Phi) is 5.40. The number of rotatable bonds is 6. The molecule has 0 unspecified atom stereocenters. The zero-order valence-corrected chi connectivity index (χ0v) is 16.1. The predicted octanol–water partition coefficient (Wildman–Crippen LogP) is 5.14. The first kappa shape index (κ1) is 17.2. The number of benzene rings is 2. The van der Waals surface area contributed by atoms with Crippen LogP contribution in [0.25, 0.3) is 10.1 Å². The molecule has 3 nitrogen and oxygen atoms in total. The van der Waals surface area contributed by atoms with E-state index in [4.69, 9.17) is 4.74 Å². The van der Waals surface area contributed by atoms with Crippen LogP contribution in [-0.2, 0) is 17.6 Å². The van der Waals surface area contributed by atoms with E-state index in [0.29, 0.717) is 12.2 Å². The molecule has 0 radical (unpaired) electrons. The van der Waals surface area contributed by atoms with E-state index in [1.165, 1.54) is 4.88 Å². The van der Waals surface area contributed by atoms with E-state index >= 15 is 0 Å². The molecule has 1 heterocycles. The summed E-state index contributed by atoms with van der Waals surface area (Å²) in [5.74, 6) is -0.298. The molecule has 0 amide bonds. The van der Waals surface area contributed by atoms with Crippen LogP contribution in [-0.4, -0.2) is 17.2 Å². The third kappa shape index (κ3) is 3.57. The minimum atomic E-state index is -0.947. The summed E-state index contributed by atoms with van der Waals surface area (Å²) in [6.45, 7) is 2.13. The summed E-state index contributed by atoms with van der Waals surface area (Å²) >= 11 is 4.07. The van der Waals surface area contributed by atoms with Crippen molar-refractivity contribution in [3.8, 4) is 5.75 Å². The van der Waals surface area contributed by atoms with E-state index in [0.717, 1.165) is 25.6 Å². The quantitative estimate of drug-likeness (QED) is 0.527. The highest BCUT2D eigenvalue weighted by atomic mass is 127. The minimum absolute atomic E-state index is 0.341. The van der Waals surface area contributed by atoms with Gasteiger partial charge in [-0.05, 0) is 46.7 Å². The van der Waals surface area contributed by atoms with Crippen molar-refractivity contribution in [2.24, 2.45) is 0 Å². The summed E-state index contributed by atoms with van der Waals surface area (Å²) in [7, 11) is 0. The van der Waals surface area contributed by atoms with Gasteiger partial charge in [0.25, 0.3) is 0 Å². The fourth-order valence-corrected chi connectivity index (χ4v) is 5.12. The summed E-state index contributed by atoms with van der Waals surface area (Å²) in [5.41, 5.74) is 0.950. The molecule has 24 heavy (non-hydrogen) atoms. The molecule has 0 bridgehead atoms. The molecule has 3 rings (SSSR count). The van der Waals surface area contributed by atoms with E-state index in [2.05, 4.69) is 35.6 Å². The largest absolute Gasteiger partial charge is 0.478 e. The zero-order chi connectivity index (χ0) is 17.1. The molecule has 124 valence electrons. The number of aliphatic carboxylic acids is 1.